The highest BCUT2D eigenvalue weighted by Crippen LogP contribution is 2.28. The van der Waals surface area contributed by atoms with Crippen molar-refractivity contribution >= 4 is 43.4 Å². The number of H-pyrrole nitrogens is 1. The summed E-state index contributed by atoms with van der Waals surface area (Å²) < 4.78 is 0.988. The maximum absolute atomic E-state index is 12.9. The van der Waals surface area contributed by atoms with Gasteiger partial charge in [-0.2, -0.15) is 0 Å². The van der Waals surface area contributed by atoms with Gasteiger partial charge < -0.3 is 10.3 Å². The highest BCUT2D eigenvalue weighted by Gasteiger charge is 2.21. The van der Waals surface area contributed by atoms with E-state index in [0.29, 0.717) is 32.9 Å². The van der Waals surface area contributed by atoms with Crippen molar-refractivity contribution < 1.29 is 4.79 Å². The van der Waals surface area contributed by atoms with Gasteiger partial charge >= 0.3 is 0 Å². The Bertz CT molecular complexity index is 1260. The number of aryl methyl sites for hydroxylation is 1. The highest BCUT2D eigenvalue weighted by atomic mass is 79.9. The molecule has 0 spiro atoms. The average molecular weight is 482 g/mol. The molecule has 1 unspecified atom stereocenters. The Labute approximate surface area is 186 Å². The van der Waals surface area contributed by atoms with Crippen LogP contribution in [0.25, 0.3) is 10.2 Å². The zero-order valence-electron chi connectivity index (χ0n) is 16.5. The van der Waals surface area contributed by atoms with Gasteiger partial charge in [-0.25, -0.2) is 4.98 Å². The van der Waals surface area contributed by atoms with E-state index in [0.717, 1.165) is 15.6 Å². The molecule has 2 heterocycles. The van der Waals surface area contributed by atoms with Gasteiger partial charge in [-0.3, -0.25) is 9.59 Å². The average Bonchev–Trinajstić information content (AvgIpc) is 3.06. The monoisotopic (exact) mass is 481 g/mol. The van der Waals surface area contributed by atoms with Crippen LogP contribution in [0.2, 0.25) is 0 Å². The van der Waals surface area contributed by atoms with E-state index in [1.54, 1.807) is 6.92 Å². The lowest BCUT2D eigenvalue weighted by molar-refractivity contribution is 0.0943. The van der Waals surface area contributed by atoms with E-state index in [1.165, 1.54) is 11.3 Å². The van der Waals surface area contributed by atoms with E-state index in [1.807, 2.05) is 61.5 Å². The number of nitrogens with zero attached hydrogens (tertiary/aromatic N) is 1. The van der Waals surface area contributed by atoms with Crippen LogP contribution in [0, 0.1) is 6.92 Å². The summed E-state index contributed by atoms with van der Waals surface area (Å²) >= 11 is 4.68. The molecule has 0 bridgehead atoms. The van der Waals surface area contributed by atoms with Crippen molar-refractivity contribution in [2.24, 2.45) is 0 Å². The van der Waals surface area contributed by atoms with Crippen LogP contribution < -0.4 is 10.9 Å². The lowest BCUT2D eigenvalue weighted by Gasteiger charge is -2.14. The van der Waals surface area contributed by atoms with Gasteiger partial charge in [-0.05, 0) is 42.7 Å². The SMILES string of the molecule is Cc1c(C(=O)NC(C)c2ccc(Br)cc2)sc2nc(Cc3ccccc3)[nH]c(=O)c12. The van der Waals surface area contributed by atoms with Gasteiger partial charge in [0.2, 0.25) is 0 Å². The van der Waals surface area contributed by atoms with Gasteiger partial charge in [0, 0.05) is 10.9 Å². The number of nitrogens with one attached hydrogen (secondary N) is 2. The number of hydrogen-bond acceptors (Lipinski definition) is 4. The second kappa shape index (κ2) is 8.53. The molecule has 30 heavy (non-hydrogen) atoms. The standard InChI is InChI=1S/C23H20BrN3O2S/c1-13-19-21(28)26-18(12-15-6-4-3-5-7-15)27-23(19)30-20(13)22(29)25-14(2)16-8-10-17(24)11-9-16/h3-11,14H,12H2,1-2H3,(H,25,29)(H,26,27,28). The molecular formula is C23H20BrN3O2S. The second-order valence-corrected chi connectivity index (χ2v) is 9.07. The summed E-state index contributed by atoms with van der Waals surface area (Å²) in [6.45, 7) is 3.73. The van der Waals surface area contributed by atoms with Crippen LogP contribution in [0.4, 0.5) is 0 Å². The first-order valence-corrected chi connectivity index (χ1v) is 11.2. The molecule has 0 aliphatic heterocycles. The summed E-state index contributed by atoms with van der Waals surface area (Å²) in [5, 5.41) is 3.51. The first-order valence-electron chi connectivity index (χ1n) is 9.55. The third kappa shape index (κ3) is 4.22. The summed E-state index contributed by atoms with van der Waals surface area (Å²) in [6, 6.07) is 17.5. The Morgan fingerprint density at radius 3 is 2.57 bits per heavy atom. The topological polar surface area (TPSA) is 74.8 Å². The molecule has 4 rings (SSSR count). The van der Waals surface area contributed by atoms with Crippen molar-refractivity contribution in [3.05, 3.63) is 96.8 Å². The van der Waals surface area contributed by atoms with Gasteiger partial charge in [0.1, 0.15) is 10.7 Å². The van der Waals surface area contributed by atoms with Crippen molar-refractivity contribution in [3.8, 4) is 0 Å². The Kier molecular flexibility index (Phi) is 5.83. The van der Waals surface area contributed by atoms with E-state index in [4.69, 9.17) is 0 Å². The predicted molar refractivity (Wildman–Crippen MR) is 124 cm³/mol. The van der Waals surface area contributed by atoms with Crippen molar-refractivity contribution in [1.29, 1.82) is 0 Å². The Morgan fingerprint density at radius 2 is 1.87 bits per heavy atom. The molecule has 0 aliphatic carbocycles. The van der Waals surface area contributed by atoms with E-state index in [9.17, 15) is 9.59 Å². The number of carbonyl (C=O) groups is 1. The molecule has 2 N–H and O–H groups in total. The molecule has 1 atom stereocenters. The lowest BCUT2D eigenvalue weighted by atomic mass is 10.1. The number of fused-ring (bicyclic) bond motifs is 1. The van der Waals surface area contributed by atoms with Gasteiger partial charge in [0.25, 0.3) is 11.5 Å². The predicted octanol–water partition coefficient (Wildman–Crippen LogP) is 5.14. The quantitative estimate of drug-likeness (QED) is 0.414. The lowest BCUT2D eigenvalue weighted by Crippen LogP contribution is -2.26. The van der Waals surface area contributed by atoms with Crippen molar-refractivity contribution in [3.63, 3.8) is 0 Å². The molecule has 0 aliphatic rings. The number of aromatic amines is 1. The van der Waals surface area contributed by atoms with E-state index in [-0.39, 0.29) is 17.5 Å². The van der Waals surface area contributed by atoms with Gasteiger partial charge in [0.05, 0.1) is 16.3 Å². The zero-order valence-corrected chi connectivity index (χ0v) is 18.9. The molecule has 152 valence electrons. The van der Waals surface area contributed by atoms with Crippen molar-refractivity contribution in [2.75, 3.05) is 0 Å². The second-order valence-electron chi connectivity index (χ2n) is 7.16. The molecule has 2 aromatic heterocycles. The molecular weight excluding hydrogens is 462 g/mol. The Hall–Kier alpha value is -2.77. The molecule has 0 radical (unpaired) electrons. The van der Waals surface area contributed by atoms with Crippen LogP contribution in [-0.4, -0.2) is 15.9 Å². The summed E-state index contributed by atoms with van der Waals surface area (Å²) in [6.07, 6.45) is 0.533. The number of halogens is 1. The first-order chi connectivity index (χ1) is 14.4. The number of aromatic nitrogens is 2. The summed E-state index contributed by atoms with van der Waals surface area (Å²) in [7, 11) is 0. The Balaban J connectivity index is 1.62. The van der Waals surface area contributed by atoms with Crippen molar-refractivity contribution in [1.82, 2.24) is 15.3 Å². The van der Waals surface area contributed by atoms with E-state index < -0.39 is 0 Å². The Morgan fingerprint density at radius 1 is 1.17 bits per heavy atom. The number of hydrogen-bond donors (Lipinski definition) is 2. The minimum Gasteiger partial charge on any atom is -0.345 e. The summed E-state index contributed by atoms with van der Waals surface area (Å²) in [5.41, 5.74) is 2.52. The number of rotatable bonds is 5. The molecule has 5 nitrogen and oxygen atoms in total. The normalized spacial score (nSPS) is 12.1. The van der Waals surface area contributed by atoms with Gasteiger partial charge in [0.15, 0.2) is 0 Å². The number of thiophene rings is 1. The van der Waals surface area contributed by atoms with Crippen LogP contribution >= 0.6 is 27.3 Å². The van der Waals surface area contributed by atoms with Crippen LogP contribution in [-0.2, 0) is 6.42 Å². The summed E-state index contributed by atoms with van der Waals surface area (Å²) in [4.78, 5) is 34.2. The maximum Gasteiger partial charge on any atom is 0.262 e. The van der Waals surface area contributed by atoms with E-state index in [2.05, 4.69) is 31.2 Å². The fourth-order valence-electron chi connectivity index (χ4n) is 3.37. The maximum atomic E-state index is 12.9. The van der Waals surface area contributed by atoms with Crippen LogP contribution in [0.3, 0.4) is 0 Å². The molecule has 7 heteroatoms. The van der Waals surface area contributed by atoms with Crippen LogP contribution in [0.1, 0.15) is 45.2 Å². The number of benzene rings is 2. The number of carbonyl (C=O) groups excluding carboxylic acids is 1. The number of amides is 1. The fraction of sp³-hybridized carbons (Fsp3) is 0.174. The largest absolute Gasteiger partial charge is 0.345 e. The summed E-state index contributed by atoms with van der Waals surface area (Å²) in [5.74, 6) is 0.394. The molecule has 1 amide bonds. The minimum atomic E-state index is -0.209. The van der Waals surface area contributed by atoms with Gasteiger partial charge in [-0.15, -0.1) is 11.3 Å². The molecule has 0 saturated carbocycles. The van der Waals surface area contributed by atoms with Crippen molar-refractivity contribution in [2.45, 2.75) is 26.3 Å². The third-order valence-electron chi connectivity index (χ3n) is 4.99. The van der Waals surface area contributed by atoms with E-state index >= 15 is 0 Å². The molecule has 2 aromatic carbocycles. The van der Waals surface area contributed by atoms with Gasteiger partial charge in [-0.1, -0.05) is 58.4 Å². The first kappa shape index (κ1) is 20.5. The zero-order chi connectivity index (χ0) is 21.3. The van der Waals surface area contributed by atoms with Crippen LogP contribution in [0.5, 0.6) is 0 Å². The highest BCUT2D eigenvalue weighted by molar-refractivity contribution is 9.10. The smallest absolute Gasteiger partial charge is 0.262 e. The van der Waals surface area contributed by atoms with Crippen LogP contribution in [0.15, 0.2) is 63.9 Å². The molecule has 4 aromatic rings. The molecule has 0 fully saturated rings. The minimum absolute atomic E-state index is 0.157. The fourth-order valence-corrected chi connectivity index (χ4v) is 4.74. The third-order valence-corrected chi connectivity index (χ3v) is 6.70. The molecule has 0 saturated heterocycles.